The van der Waals surface area contributed by atoms with E-state index in [2.05, 4.69) is 11.1 Å². The summed E-state index contributed by atoms with van der Waals surface area (Å²) in [5.74, 6) is 0.00169. The molecule has 114 valence electrons. The molecule has 3 nitrogen and oxygen atoms in total. The van der Waals surface area contributed by atoms with E-state index in [1.54, 1.807) is 0 Å². The normalized spacial score (nSPS) is 13.4. The molecule has 0 unspecified atom stereocenters. The van der Waals surface area contributed by atoms with Crippen molar-refractivity contribution in [3.8, 4) is 0 Å². The molecule has 0 saturated carbocycles. The molecular formula is C19H15ClN2O. The first-order valence-electron chi connectivity index (χ1n) is 7.60. The van der Waals surface area contributed by atoms with Gasteiger partial charge in [0.25, 0.3) is 5.91 Å². The minimum absolute atomic E-state index is 0.00169. The summed E-state index contributed by atoms with van der Waals surface area (Å²) in [5.41, 5.74) is 4.45. The number of rotatable bonds is 1. The molecule has 0 saturated heterocycles. The van der Waals surface area contributed by atoms with Gasteiger partial charge in [0, 0.05) is 22.6 Å². The highest BCUT2D eigenvalue weighted by Gasteiger charge is 2.26. The lowest BCUT2D eigenvalue weighted by atomic mass is 10.1. The second kappa shape index (κ2) is 5.36. The lowest BCUT2D eigenvalue weighted by molar-refractivity contribution is 0.0988. The number of anilines is 1. The van der Waals surface area contributed by atoms with E-state index in [9.17, 15) is 4.79 Å². The minimum atomic E-state index is 0.00169. The van der Waals surface area contributed by atoms with E-state index in [0.717, 1.165) is 28.7 Å². The van der Waals surface area contributed by atoms with Crippen molar-refractivity contribution in [3.05, 3.63) is 70.4 Å². The van der Waals surface area contributed by atoms with Gasteiger partial charge in [-0.3, -0.25) is 9.78 Å². The fraction of sp³-hybridized carbons (Fsp3) is 0.158. The van der Waals surface area contributed by atoms with Crippen LogP contribution in [0.4, 0.5) is 5.69 Å². The van der Waals surface area contributed by atoms with Crippen molar-refractivity contribution in [2.24, 2.45) is 0 Å². The second-order valence-corrected chi connectivity index (χ2v) is 6.23. The predicted octanol–water partition coefficient (Wildman–Crippen LogP) is 4.40. The summed E-state index contributed by atoms with van der Waals surface area (Å²) in [4.78, 5) is 19.4. The molecule has 0 spiro atoms. The number of halogens is 1. The van der Waals surface area contributed by atoms with Crippen LogP contribution < -0.4 is 4.90 Å². The molecule has 0 fully saturated rings. The van der Waals surface area contributed by atoms with Crippen molar-refractivity contribution in [1.82, 2.24) is 4.98 Å². The molecule has 0 bridgehead atoms. The summed E-state index contributed by atoms with van der Waals surface area (Å²) in [7, 11) is 0. The zero-order valence-corrected chi connectivity index (χ0v) is 13.5. The number of aryl methyl sites for hydroxylation is 1. The fourth-order valence-corrected chi connectivity index (χ4v) is 3.34. The number of benzene rings is 2. The van der Waals surface area contributed by atoms with Gasteiger partial charge in [0.1, 0.15) is 0 Å². The van der Waals surface area contributed by atoms with Crippen LogP contribution in [-0.2, 0) is 6.42 Å². The van der Waals surface area contributed by atoms with E-state index < -0.39 is 0 Å². The van der Waals surface area contributed by atoms with E-state index in [-0.39, 0.29) is 5.91 Å². The van der Waals surface area contributed by atoms with Crippen LogP contribution in [0.2, 0.25) is 5.02 Å². The Morgan fingerprint density at radius 3 is 2.87 bits per heavy atom. The van der Waals surface area contributed by atoms with Crippen molar-refractivity contribution in [2.45, 2.75) is 13.3 Å². The Morgan fingerprint density at radius 2 is 2.00 bits per heavy atom. The van der Waals surface area contributed by atoms with Crippen molar-refractivity contribution in [3.63, 3.8) is 0 Å². The largest absolute Gasteiger partial charge is 0.308 e. The monoisotopic (exact) mass is 322 g/mol. The van der Waals surface area contributed by atoms with Gasteiger partial charge in [-0.05, 0) is 49.2 Å². The summed E-state index contributed by atoms with van der Waals surface area (Å²) in [6.45, 7) is 2.59. The molecule has 0 atom stereocenters. The van der Waals surface area contributed by atoms with Crippen LogP contribution in [0, 0.1) is 6.92 Å². The Bertz CT molecular complexity index is 936. The number of fused-ring (bicyclic) bond motifs is 2. The van der Waals surface area contributed by atoms with Gasteiger partial charge in [-0.1, -0.05) is 29.8 Å². The van der Waals surface area contributed by atoms with E-state index in [1.807, 2.05) is 54.3 Å². The number of hydrogen-bond donors (Lipinski definition) is 0. The average Bonchev–Trinajstić information content (AvgIpc) is 2.98. The number of carbonyl (C=O) groups excluding carboxylic acids is 1. The number of nitrogens with zero attached hydrogens (tertiary/aromatic N) is 2. The number of aromatic nitrogens is 1. The minimum Gasteiger partial charge on any atom is -0.308 e. The van der Waals surface area contributed by atoms with Gasteiger partial charge in [0.2, 0.25) is 0 Å². The Kier molecular flexibility index (Phi) is 3.31. The first kappa shape index (κ1) is 14.2. The third-order valence-corrected chi connectivity index (χ3v) is 4.57. The molecule has 0 aliphatic carbocycles. The van der Waals surface area contributed by atoms with Crippen molar-refractivity contribution < 1.29 is 4.79 Å². The summed E-state index contributed by atoms with van der Waals surface area (Å²) < 4.78 is 0. The van der Waals surface area contributed by atoms with Crippen LogP contribution >= 0.6 is 11.6 Å². The van der Waals surface area contributed by atoms with Gasteiger partial charge in [-0.2, -0.15) is 0 Å². The molecule has 0 radical (unpaired) electrons. The molecule has 3 aromatic rings. The van der Waals surface area contributed by atoms with Crippen LogP contribution in [0.1, 0.15) is 21.6 Å². The van der Waals surface area contributed by atoms with E-state index in [1.165, 1.54) is 5.56 Å². The summed E-state index contributed by atoms with van der Waals surface area (Å²) in [5, 5.41) is 1.53. The Labute approximate surface area is 139 Å². The molecule has 1 amide bonds. The molecule has 23 heavy (non-hydrogen) atoms. The Balaban J connectivity index is 1.80. The van der Waals surface area contributed by atoms with E-state index in [0.29, 0.717) is 17.1 Å². The highest BCUT2D eigenvalue weighted by atomic mass is 35.5. The Morgan fingerprint density at radius 1 is 1.17 bits per heavy atom. The molecule has 1 aliphatic heterocycles. The number of carbonyl (C=O) groups is 1. The van der Waals surface area contributed by atoms with Crippen molar-refractivity contribution in [2.75, 3.05) is 11.4 Å². The maximum Gasteiger partial charge on any atom is 0.260 e. The summed E-state index contributed by atoms with van der Waals surface area (Å²) in [6, 6.07) is 15.5. The maximum absolute atomic E-state index is 13.0. The molecule has 0 N–H and O–H groups in total. The summed E-state index contributed by atoms with van der Waals surface area (Å²) in [6.07, 6.45) is 0.897. The van der Waals surface area contributed by atoms with Gasteiger partial charge in [0.15, 0.2) is 0 Å². The van der Waals surface area contributed by atoms with Gasteiger partial charge in [-0.15, -0.1) is 0 Å². The zero-order valence-electron chi connectivity index (χ0n) is 12.7. The maximum atomic E-state index is 13.0. The lowest BCUT2D eigenvalue weighted by Gasteiger charge is -2.18. The first-order valence-corrected chi connectivity index (χ1v) is 7.98. The van der Waals surface area contributed by atoms with Gasteiger partial charge in [-0.25, -0.2) is 0 Å². The molecular weight excluding hydrogens is 308 g/mol. The fourth-order valence-electron chi connectivity index (χ4n) is 3.15. The van der Waals surface area contributed by atoms with Crippen LogP contribution in [0.5, 0.6) is 0 Å². The SMILES string of the molecule is Cc1nc2ccc(Cl)cc2cc1C(=O)N1CCc2ccccc21. The smallest absolute Gasteiger partial charge is 0.260 e. The van der Waals surface area contributed by atoms with Crippen LogP contribution in [0.3, 0.4) is 0 Å². The van der Waals surface area contributed by atoms with Crippen LogP contribution in [0.15, 0.2) is 48.5 Å². The molecule has 1 aromatic heterocycles. The van der Waals surface area contributed by atoms with Crippen molar-refractivity contribution >= 4 is 34.1 Å². The third-order valence-electron chi connectivity index (χ3n) is 4.33. The van der Waals surface area contributed by atoms with Gasteiger partial charge in [0.05, 0.1) is 16.8 Å². The van der Waals surface area contributed by atoms with Crippen molar-refractivity contribution in [1.29, 1.82) is 0 Å². The molecule has 1 aliphatic rings. The molecule has 4 rings (SSSR count). The highest BCUT2D eigenvalue weighted by Crippen LogP contribution is 2.30. The number of amides is 1. The number of para-hydroxylation sites is 1. The quantitative estimate of drug-likeness (QED) is 0.665. The average molecular weight is 323 g/mol. The van der Waals surface area contributed by atoms with Crippen LogP contribution in [-0.4, -0.2) is 17.4 Å². The summed E-state index contributed by atoms with van der Waals surface area (Å²) >= 11 is 6.06. The highest BCUT2D eigenvalue weighted by molar-refractivity contribution is 6.31. The molecule has 4 heteroatoms. The standard InChI is InChI=1S/C19H15ClN2O/c1-12-16(11-14-10-15(20)6-7-17(14)21-12)19(23)22-9-8-13-4-2-3-5-18(13)22/h2-7,10-11H,8-9H2,1H3. The predicted molar refractivity (Wildman–Crippen MR) is 93.3 cm³/mol. The molecule has 2 heterocycles. The first-order chi connectivity index (χ1) is 11.1. The van der Waals surface area contributed by atoms with Crippen LogP contribution in [0.25, 0.3) is 10.9 Å². The molecule has 2 aromatic carbocycles. The number of hydrogen-bond acceptors (Lipinski definition) is 2. The Hall–Kier alpha value is -2.39. The third kappa shape index (κ3) is 2.37. The van der Waals surface area contributed by atoms with Gasteiger partial charge < -0.3 is 4.90 Å². The van der Waals surface area contributed by atoms with E-state index >= 15 is 0 Å². The lowest BCUT2D eigenvalue weighted by Crippen LogP contribution is -2.29. The second-order valence-electron chi connectivity index (χ2n) is 5.79. The topological polar surface area (TPSA) is 33.2 Å². The number of pyridine rings is 1. The van der Waals surface area contributed by atoms with Gasteiger partial charge >= 0.3 is 0 Å². The zero-order chi connectivity index (χ0) is 16.0. The van der Waals surface area contributed by atoms with E-state index in [4.69, 9.17) is 11.6 Å².